The van der Waals surface area contributed by atoms with Crippen LogP contribution < -0.4 is 10.6 Å². The first-order valence-corrected chi connectivity index (χ1v) is 6.62. The first kappa shape index (κ1) is 11.5. The summed E-state index contributed by atoms with van der Waals surface area (Å²) in [5.74, 6) is 0.141. The molecule has 2 heterocycles. The number of anilines is 1. The normalized spacial score (nSPS) is 23.4. The molecular weight excluding hydrogens is 226 g/mol. The van der Waals surface area contributed by atoms with Gasteiger partial charge in [-0.2, -0.15) is 0 Å². The number of piperazine rings is 1. The molecule has 4 nitrogen and oxygen atoms in total. The van der Waals surface area contributed by atoms with Gasteiger partial charge in [0.1, 0.15) is 0 Å². The largest absolute Gasteiger partial charge is 0.384 e. The van der Waals surface area contributed by atoms with Gasteiger partial charge in [0, 0.05) is 31.9 Å². The monoisotopic (exact) mass is 245 g/mol. The van der Waals surface area contributed by atoms with E-state index in [1.807, 2.05) is 6.92 Å². The van der Waals surface area contributed by atoms with Crippen molar-refractivity contribution in [1.29, 1.82) is 0 Å². The van der Waals surface area contributed by atoms with E-state index < -0.39 is 0 Å². The molecule has 0 radical (unpaired) electrons. The van der Waals surface area contributed by atoms with Crippen LogP contribution in [-0.4, -0.2) is 36.5 Å². The molecule has 1 atom stereocenters. The summed E-state index contributed by atoms with van der Waals surface area (Å²) in [7, 11) is 0. The van der Waals surface area contributed by atoms with Gasteiger partial charge in [-0.1, -0.05) is 18.2 Å². The van der Waals surface area contributed by atoms with Gasteiger partial charge in [0.2, 0.25) is 5.91 Å². The van der Waals surface area contributed by atoms with E-state index in [1.54, 1.807) is 0 Å². The molecule has 96 valence electrons. The number of hydrogen-bond donors (Lipinski definition) is 2. The van der Waals surface area contributed by atoms with Crippen molar-refractivity contribution in [2.45, 2.75) is 25.9 Å². The van der Waals surface area contributed by atoms with Crippen molar-refractivity contribution in [2.75, 3.05) is 25.0 Å². The Morgan fingerprint density at radius 1 is 1.33 bits per heavy atom. The van der Waals surface area contributed by atoms with Gasteiger partial charge in [-0.3, -0.25) is 9.69 Å². The van der Waals surface area contributed by atoms with Crippen LogP contribution in [0.25, 0.3) is 0 Å². The number of rotatable bonds is 2. The Kier molecular flexibility index (Phi) is 2.96. The molecule has 0 spiro atoms. The van der Waals surface area contributed by atoms with E-state index in [0.717, 1.165) is 32.6 Å². The third-order valence-electron chi connectivity index (χ3n) is 3.93. The molecule has 4 heteroatoms. The second kappa shape index (κ2) is 4.61. The van der Waals surface area contributed by atoms with Gasteiger partial charge in [-0.15, -0.1) is 0 Å². The number of benzene rings is 1. The number of carbonyl (C=O) groups excluding carboxylic acids is 1. The van der Waals surface area contributed by atoms with Gasteiger partial charge in [0.05, 0.1) is 6.04 Å². The lowest BCUT2D eigenvalue weighted by molar-refractivity contribution is -0.128. The van der Waals surface area contributed by atoms with Crippen LogP contribution in [-0.2, 0) is 17.8 Å². The molecule has 0 bridgehead atoms. The summed E-state index contributed by atoms with van der Waals surface area (Å²) in [6.07, 6.45) is 1.11. The van der Waals surface area contributed by atoms with Crippen LogP contribution in [0.4, 0.5) is 5.69 Å². The molecule has 3 rings (SSSR count). The summed E-state index contributed by atoms with van der Waals surface area (Å²) in [6.45, 7) is 5.54. The first-order valence-electron chi connectivity index (χ1n) is 6.62. The Hall–Kier alpha value is -1.55. The van der Waals surface area contributed by atoms with Crippen LogP contribution in [0.5, 0.6) is 0 Å². The fourth-order valence-corrected chi connectivity index (χ4v) is 2.81. The van der Waals surface area contributed by atoms with Crippen LogP contribution >= 0.6 is 0 Å². The SMILES string of the molecule is CC1C(=O)NCCN1Cc1cccc2c1NCC2. The standard InChI is InChI=1S/C14H19N3O/c1-10-14(18)16-7-8-17(10)9-12-4-2-3-11-5-6-15-13(11)12/h2-4,10,15H,5-9H2,1H3,(H,16,18). The zero-order valence-corrected chi connectivity index (χ0v) is 10.7. The molecule has 1 fully saturated rings. The summed E-state index contributed by atoms with van der Waals surface area (Å²) in [5, 5.41) is 6.36. The third kappa shape index (κ3) is 1.97. The van der Waals surface area contributed by atoms with Gasteiger partial charge in [-0.25, -0.2) is 0 Å². The highest BCUT2D eigenvalue weighted by Crippen LogP contribution is 2.27. The molecule has 1 unspecified atom stereocenters. The maximum absolute atomic E-state index is 11.7. The smallest absolute Gasteiger partial charge is 0.237 e. The van der Waals surface area contributed by atoms with Crippen LogP contribution in [0.2, 0.25) is 0 Å². The Morgan fingerprint density at radius 2 is 2.22 bits per heavy atom. The summed E-state index contributed by atoms with van der Waals surface area (Å²) in [4.78, 5) is 13.9. The fourth-order valence-electron chi connectivity index (χ4n) is 2.81. The lowest BCUT2D eigenvalue weighted by Crippen LogP contribution is -2.53. The average molecular weight is 245 g/mol. The van der Waals surface area contributed by atoms with Crippen molar-refractivity contribution in [3.63, 3.8) is 0 Å². The molecule has 2 aliphatic rings. The van der Waals surface area contributed by atoms with Gasteiger partial charge < -0.3 is 10.6 Å². The number of hydrogen-bond acceptors (Lipinski definition) is 3. The van der Waals surface area contributed by atoms with Gasteiger partial charge in [0.15, 0.2) is 0 Å². The molecular formula is C14H19N3O. The molecule has 0 aromatic heterocycles. The molecule has 1 aromatic rings. The van der Waals surface area contributed by atoms with Crippen LogP contribution in [0, 0.1) is 0 Å². The molecule has 2 aliphatic heterocycles. The molecule has 0 aliphatic carbocycles. The van der Waals surface area contributed by atoms with Crippen LogP contribution in [0.3, 0.4) is 0 Å². The minimum atomic E-state index is -0.0315. The Balaban J connectivity index is 1.80. The quantitative estimate of drug-likeness (QED) is 0.816. The lowest BCUT2D eigenvalue weighted by atomic mass is 10.1. The molecule has 18 heavy (non-hydrogen) atoms. The highest BCUT2D eigenvalue weighted by atomic mass is 16.2. The maximum atomic E-state index is 11.7. The van der Waals surface area contributed by atoms with Crippen molar-refractivity contribution < 1.29 is 4.79 Å². The molecule has 2 N–H and O–H groups in total. The molecule has 1 aromatic carbocycles. The van der Waals surface area contributed by atoms with E-state index in [4.69, 9.17) is 0 Å². The fraction of sp³-hybridized carbons (Fsp3) is 0.500. The van der Waals surface area contributed by atoms with Crippen molar-refractivity contribution in [2.24, 2.45) is 0 Å². The summed E-state index contributed by atoms with van der Waals surface area (Å²) in [6, 6.07) is 6.44. The number of carbonyl (C=O) groups is 1. The van der Waals surface area contributed by atoms with Gasteiger partial charge >= 0.3 is 0 Å². The number of fused-ring (bicyclic) bond motifs is 1. The van der Waals surface area contributed by atoms with E-state index in [0.29, 0.717) is 0 Å². The molecule has 1 saturated heterocycles. The predicted octanol–water partition coefficient (Wildman–Crippen LogP) is 0.975. The summed E-state index contributed by atoms with van der Waals surface area (Å²) >= 11 is 0. The zero-order valence-electron chi connectivity index (χ0n) is 10.7. The van der Waals surface area contributed by atoms with Crippen LogP contribution in [0.15, 0.2) is 18.2 Å². The zero-order chi connectivity index (χ0) is 12.5. The van der Waals surface area contributed by atoms with E-state index in [9.17, 15) is 4.79 Å². The van der Waals surface area contributed by atoms with E-state index in [1.165, 1.54) is 16.8 Å². The Labute approximate surface area is 107 Å². The number of amides is 1. The number of nitrogens with zero attached hydrogens (tertiary/aromatic N) is 1. The van der Waals surface area contributed by atoms with Crippen molar-refractivity contribution >= 4 is 11.6 Å². The number of para-hydroxylation sites is 1. The third-order valence-corrected chi connectivity index (χ3v) is 3.93. The maximum Gasteiger partial charge on any atom is 0.237 e. The highest BCUT2D eigenvalue weighted by Gasteiger charge is 2.26. The second-order valence-corrected chi connectivity index (χ2v) is 5.07. The Morgan fingerprint density at radius 3 is 3.11 bits per heavy atom. The predicted molar refractivity (Wildman–Crippen MR) is 71.5 cm³/mol. The second-order valence-electron chi connectivity index (χ2n) is 5.07. The number of nitrogens with one attached hydrogen (secondary N) is 2. The van der Waals surface area contributed by atoms with Crippen molar-refractivity contribution in [3.05, 3.63) is 29.3 Å². The van der Waals surface area contributed by atoms with Crippen molar-refractivity contribution in [1.82, 2.24) is 10.2 Å². The Bertz CT molecular complexity index is 472. The molecule has 0 saturated carbocycles. The average Bonchev–Trinajstić information content (AvgIpc) is 2.84. The minimum absolute atomic E-state index is 0.0315. The van der Waals surface area contributed by atoms with E-state index in [-0.39, 0.29) is 11.9 Å². The minimum Gasteiger partial charge on any atom is -0.384 e. The van der Waals surface area contributed by atoms with Crippen molar-refractivity contribution in [3.8, 4) is 0 Å². The summed E-state index contributed by atoms with van der Waals surface area (Å²) < 4.78 is 0. The first-order chi connectivity index (χ1) is 8.75. The highest BCUT2D eigenvalue weighted by molar-refractivity contribution is 5.82. The summed E-state index contributed by atoms with van der Waals surface area (Å²) in [5.41, 5.74) is 4.00. The van der Waals surface area contributed by atoms with Gasteiger partial charge in [0.25, 0.3) is 0 Å². The molecule has 1 amide bonds. The van der Waals surface area contributed by atoms with Crippen LogP contribution in [0.1, 0.15) is 18.1 Å². The van der Waals surface area contributed by atoms with Gasteiger partial charge in [-0.05, 0) is 24.5 Å². The topological polar surface area (TPSA) is 44.4 Å². The van der Waals surface area contributed by atoms with E-state index in [2.05, 4.69) is 33.7 Å². The lowest BCUT2D eigenvalue weighted by Gasteiger charge is -2.33. The van der Waals surface area contributed by atoms with E-state index >= 15 is 0 Å².